The van der Waals surface area contributed by atoms with Gasteiger partial charge in [0.1, 0.15) is 6.04 Å². The highest BCUT2D eigenvalue weighted by atomic mass is 127. The number of carbonyl (C=O) groups excluding carboxylic acids is 2. The van der Waals surface area contributed by atoms with Gasteiger partial charge in [-0.05, 0) is 47.3 Å². The van der Waals surface area contributed by atoms with Crippen molar-refractivity contribution in [3.8, 4) is 10.4 Å². The number of aryl methyl sites for hydroxylation is 1. The molecule has 3 atom stereocenters. The first-order valence-corrected chi connectivity index (χ1v) is 15.6. The minimum Gasteiger partial charge on any atom is -0.391 e. The van der Waals surface area contributed by atoms with E-state index in [-0.39, 0.29) is 30.2 Å². The number of alkyl halides is 1. The van der Waals surface area contributed by atoms with E-state index in [0.717, 1.165) is 41.1 Å². The fraction of sp³-hybridized carbons (Fsp3) is 0.607. The van der Waals surface area contributed by atoms with Crippen LogP contribution in [0.3, 0.4) is 0 Å². The zero-order valence-corrected chi connectivity index (χ0v) is 25.4. The molecule has 0 radical (unpaired) electrons. The molecule has 3 rings (SSSR count). The summed E-state index contributed by atoms with van der Waals surface area (Å²) in [6, 6.07) is 7.00. The Bertz CT molecular complexity index is 1020. The van der Waals surface area contributed by atoms with Crippen molar-refractivity contribution < 1.29 is 14.7 Å². The van der Waals surface area contributed by atoms with Gasteiger partial charge < -0.3 is 20.6 Å². The van der Waals surface area contributed by atoms with Crippen molar-refractivity contribution in [2.24, 2.45) is 5.41 Å². The molecular formula is C28H41IN4O3S. The van der Waals surface area contributed by atoms with Gasteiger partial charge in [0.15, 0.2) is 0 Å². The molecule has 1 fully saturated rings. The van der Waals surface area contributed by atoms with Crippen LogP contribution in [0.4, 0.5) is 0 Å². The average molecular weight is 641 g/mol. The zero-order valence-electron chi connectivity index (χ0n) is 22.4. The molecule has 3 unspecified atom stereocenters. The zero-order chi connectivity index (χ0) is 27.0. The average Bonchev–Trinajstić information content (AvgIpc) is 3.46. The highest BCUT2D eigenvalue weighted by Gasteiger charge is 2.43. The Morgan fingerprint density at radius 2 is 1.89 bits per heavy atom. The van der Waals surface area contributed by atoms with E-state index in [4.69, 9.17) is 0 Å². The lowest BCUT2D eigenvalue weighted by Gasteiger charge is -2.35. The van der Waals surface area contributed by atoms with Crippen LogP contribution in [0.25, 0.3) is 10.4 Å². The summed E-state index contributed by atoms with van der Waals surface area (Å²) in [7, 11) is 0. The molecule has 0 spiro atoms. The van der Waals surface area contributed by atoms with Gasteiger partial charge in [-0.15, -0.1) is 11.3 Å². The van der Waals surface area contributed by atoms with Crippen LogP contribution in [0, 0.1) is 12.3 Å². The molecule has 1 aromatic carbocycles. The Hall–Kier alpha value is -1.56. The molecule has 2 aromatic rings. The van der Waals surface area contributed by atoms with E-state index in [0.29, 0.717) is 6.54 Å². The van der Waals surface area contributed by atoms with Crippen molar-refractivity contribution in [3.63, 3.8) is 0 Å². The van der Waals surface area contributed by atoms with Gasteiger partial charge >= 0.3 is 0 Å². The summed E-state index contributed by atoms with van der Waals surface area (Å²) in [6.45, 7) is 9.43. The van der Waals surface area contributed by atoms with Crippen LogP contribution in [0.1, 0.15) is 64.1 Å². The summed E-state index contributed by atoms with van der Waals surface area (Å²) in [5.74, 6) is -0.334. The summed E-state index contributed by atoms with van der Waals surface area (Å²) >= 11 is 4.01. The summed E-state index contributed by atoms with van der Waals surface area (Å²) in [5.41, 5.74) is 4.62. The number of carbonyl (C=O) groups is 2. The summed E-state index contributed by atoms with van der Waals surface area (Å²) in [4.78, 5) is 33.8. The van der Waals surface area contributed by atoms with Crippen molar-refractivity contribution in [2.75, 3.05) is 17.5 Å². The molecular weight excluding hydrogens is 599 g/mol. The standard InChI is InChI=1S/C28H41IN4O3S/c1-19-24(37-18-32-19)21-11-9-20(10-12-21)16-31-26(35)23-15-22(34)17-33(23)27(36)25(28(2,3)4)30-14-8-6-5-7-13-29/h9-12,18,22-23,25,30,34H,5-8,13-17H2,1-4H3,(H,31,35). The van der Waals surface area contributed by atoms with E-state index in [9.17, 15) is 14.7 Å². The Balaban J connectivity index is 1.59. The number of halogens is 1. The SMILES string of the molecule is Cc1ncsc1-c1ccc(CNC(=O)C2CC(O)CN2C(=O)C(NCCCCCCI)C(C)(C)C)cc1. The van der Waals surface area contributed by atoms with Gasteiger partial charge in [0, 0.05) is 19.5 Å². The minimum absolute atomic E-state index is 0.110. The molecule has 1 aliphatic heterocycles. The molecule has 7 nitrogen and oxygen atoms in total. The number of rotatable bonds is 12. The summed E-state index contributed by atoms with van der Waals surface area (Å²) < 4.78 is 1.17. The third-order valence-electron chi connectivity index (χ3n) is 6.81. The van der Waals surface area contributed by atoms with Crippen LogP contribution in [0.2, 0.25) is 0 Å². The van der Waals surface area contributed by atoms with Crippen molar-refractivity contribution in [2.45, 2.75) is 84.5 Å². The maximum atomic E-state index is 13.6. The number of hydrogen-bond acceptors (Lipinski definition) is 6. The lowest BCUT2D eigenvalue weighted by molar-refractivity contribution is -0.142. The molecule has 1 aromatic heterocycles. The second-order valence-electron chi connectivity index (χ2n) is 10.9. The van der Waals surface area contributed by atoms with Crippen LogP contribution in [-0.4, -0.2) is 62.5 Å². The monoisotopic (exact) mass is 640 g/mol. The third kappa shape index (κ3) is 8.46. The molecule has 0 saturated carbocycles. The summed E-state index contributed by atoms with van der Waals surface area (Å²) in [5, 5.41) is 16.8. The van der Waals surface area contributed by atoms with Gasteiger partial charge in [-0.3, -0.25) is 9.59 Å². The van der Waals surface area contributed by atoms with Gasteiger partial charge in [-0.25, -0.2) is 4.98 Å². The molecule has 204 valence electrons. The van der Waals surface area contributed by atoms with Gasteiger partial charge in [0.2, 0.25) is 11.8 Å². The number of likely N-dealkylation sites (tertiary alicyclic amines) is 1. The predicted octanol–water partition coefficient (Wildman–Crippen LogP) is 4.70. The maximum Gasteiger partial charge on any atom is 0.243 e. The molecule has 1 aliphatic rings. The van der Waals surface area contributed by atoms with Crippen molar-refractivity contribution >= 4 is 45.7 Å². The quantitative estimate of drug-likeness (QED) is 0.178. The first-order valence-electron chi connectivity index (χ1n) is 13.2. The Morgan fingerprint density at radius 3 is 2.51 bits per heavy atom. The van der Waals surface area contributed by atoms with E-state index < -0.39 is 18.2 Å². The molecule has 9 heteroatoms. The fourth-order valence-corrected chi connectivity index (χ4v) is 6.07. The molecule has 2 heterocycles. The number of unbranched alkanes of at least 4 members (excludes halogenated alkanes) is 3. The Morgan fingerprint density at radius 1 is 1.19 bits per heavy atom. The number of benzene rings is 1. The van der Waals surface area contributed by atoms with Gasteiger partial charge in [0.25, 0.3) is 0 Å². The van der Waals surface area contributed by atoms with Crippen molar-refractivity contribution in [3.05, 3.63) is 41.0 Å². The number of amides is 2. The number of aliphatic hydroxyl groups is 1. The number of hydrogen-bond donors (Lipinski definition) is 3. The van der Waals surface area contributed by atoms with Crippen LogP contribution >= 0.6 is 33.9 Å². The van der Waals surface area contributed by atoms with Crippen LogP contribution < -0.4 is 10.6 Å². The number of aliphatic hydroxyl groups excluding tert-OH is 1. The van der Waals surface area contributed by atoms with E-state index in [1.54, 1.807) is 16.2 Å². The van der Waals surface area contributed by atoms with E-state index in [1.807, 2.05) is 57.5 Å². The molecule has 2 amide bonds. The lowest BCUT2D eigenvalue weighted by atomic mass is 9.85. The van der Waals surface area contributed by atoms with Crippen LogP contribution in [0.5, 0.6) is 0 Å². The van der Waals surface area contributed by atoms with Crippen molar-refractivity contribution in [1.29, 1.82) is 0 Å². The second kappa shape index (κ2) is 14.0. The summed E-state index contributed by atoms with van der Waals surface area (Å²) in [6.07, 6.45) is 4.14. The third-order valence-corrected chi connectivity index (χ3v) is 8.56. The molecule has 0 aliphatic carbocycles. The Labute approximate surface area is 239 Å². The minimum atomic E-state index is -0.699. The van der Waals surface area contributed by atoms with Crippen molar-refractivity contribution in [1.82, 2.24) is 20.5 Å². The first kappa shape index (κ1) is 30.0. The molecule has 1 saturated heterocycles. The number of aromatic nitrogens is 1. The van der Waals surface area contributed by atoms with Gasteiger partial charge in [0.05, 0.1) is 28.2 Å². The smallest absolute Gasteiger partial charge is 0.243 e. The largest absolute Gasteiger partial charge is 0.391 e. The second-order valence-corrected chi connectivity index (χ2v) is 12.9. The Kier molecular flexibility index (Phi) is 11.4. The number of thiazole rings is 1. The lowest BCUT2D eigenvalue weighted by Crippen LogP contribution is -2.56. The first-order chi connectivity index (χ1) is 17.6. The highest BCUT2D eigenvalue weighted by Crippen LogP contribution is 2.28. The number of nitrogens with one attached hydrogen (secondary N) is 2. The maximum absolute atomic E-state index is 13.6. The normalized spacial score (nSPS) is 18.7. The number of β-amino-alcohol motifs (C(OH)–C–C–N with tert-alkyl or cyclic N) is 1. The van der Waals surface area contributed by atoms with E-state index in [2.05, 4.69) is 38.2 Å². The molecule has 0 bridgehead atoms. The fourth-order valence-electron chi connectivity index (χ4n) is 4.72. The molecule has 3 N–H and O–H groups in total. The van der Waals surface area contributed by atoms with Gasteiger partial charge in [-0.2, -0.15) is 0 Å². The van der Waals surface area contributed by atoms with E-state index >= 15 is 0 Å². The topological polar surface area (TPSA) is 94.6 Å². The predicted molar refractivity (Wildman–Crippen MR) is 159 cm³/mol. The van der Waals surface area contributed by atoms with Crippen LogP contribution in [0.15, 0.2) is 29.8 Å². The van der Waals surface area contributed by atoms with E-state index in [1.165, 1.54) is 17.3 Å². The van der Waals surface area contributed by atoms with Crippen LogP contribution in [-0.2, 0) is 16.1 Å². The molecule has 37 heavy (non-hydrogen) atoms. The van der Waals surface area contributed by atoms with Gasteiger partial charge in [-0.1, -0.05) is 80.5 Å². The number of nitrogens with zero attached hydrogens (tertiary/aromatic N) is 2. The highest BCUT2D eigenvalue weighted by molar-refractivity contribution is 14.1.